The number of carbonyl (C=O) groups is 2. The number of ether oxygens (including phenoxy) is 1. The van der Waals surface area contributed by atoms with E-state index in [1.165, 1.54) is 0 Å². The monoisotopic (exact) mass is 316 g/mol. The van der Waals surface area contributed by atoms with Crippen LogP contribution in [0.2, 0.25) is 0 Å². The van der Waals surface area contributed by atoms with Gasteiger partial charge in [0.15, 0.2) is 0 Å². The highest BCUT2D eigenvalue weighted by Crippen LogP contribution is 2.12. The van der Waals surface area contributed by atoms with Crippen molar-refractivity contribution in [2.45, 2.75) is 19.9 Å². The molecule has 6 heteroatoms. The average molecular weight is 316 g/mol. The van der Waals surface area contributed by atoms with E-state index in [4.69, 9.17) is 9.15 Å². The maximum absolute atomic E-state index is 12.0. The molecule has 1 heterocycles. The van der Waals surface area contributed by atoms with Gasteiger partial charge in [0.05, 0.1) is 25.5 Å². The third kappa shape index (κ3) is 4.88. The lowest BCUT2D eigenvalue weighted by Crippen LogP contribution is -2.37. The van der Waals surface area contributed by atoms with Gasteiger partial charge in [-0.05, 0) is 50.2 Å². The molecule has 2 aromatic rings. The van der Waals surface area contributed by atoms with E-state index < -0.39 is 0 Å². The second-order valence-corrected chi connectivity index (χ2v) is 4.94. The maximum Gasteiger partial charge on any atom is 0.251 e. The van der Waals surface area contributed by atoms with E-state index in [9.17, 15) is 9.59 Å². The molecule has 0 spiro atoms. The van der Waals surface area contributed by atoms with Crippen molar-refractivity contribution in [3.8, 4) is 5.75 Å². The molecular weight excluding hydrogens is 296 g/mol. The molecule has 0 unspecified atom stereocenters. The zero-order valence-electron chi connectivity index (χ0n) is 13.2. The van der Waals surface area contributed by atoms with Gasteiger partial charge in [0.1, 0.15) is 11.5 Å². The first-order valence-electron chi connectivity index (χ1n) is 7.44. The minimum atomic E-state index is -0.311. The molecule has 0 fully saturated rings. The van der Waals surface area contributed by atoms with Gasteiger partial charge in [0.2, 0.25) is 5.91 Å². The molecule has 2 rings (SSSR count). The van der Waals surface area contributed by atoms with Crippen molar-refractivity contribution in [2.75, 3.05) is 13.2 Å². The molecule has 0 bridgehead atoms. The number of hydrogen-bond acceptors (Lipinski definition) is 4. The molecule has 1 atom stereocenters. The van der Waals surface area contributed by atoms with Crippen LogP contribution in [-0.4, -0.2) is 25.0 Å². The molecule has 2 N–H and O–H groups in total. The van der Waals surface area contributed by atoms with E-state index in [1.54, 1.807) is 42.7 Å². The number of rotatable bonds is 7. The Bertz CT molecular complexity index is 635. The predicted molar refractivity (Wildman–Crippen MR) is 85.2 cm³/mol. The predicted octanol–water partition coefficient (Wildman–Crippen LogP) is 2.29. The lowest BCUT2D eigenvalue weighted by molar-refractivity contribution is -0.120. The zero-order chi connectivity index (χ0) is 16.7. The summed E-state index contributed by atoms with van der Waals surface area (Å²) in [5.74, 6) is 0.771. The summed E-state index contributed by atoms with van der Waals surface area (Å²) in [5, 5.41) is 5.33. The third-order valence-electron chi connectivity index (χ3n) is 3.18. The summed E-state index contributed by atoms with van der Waals surface area (Å²) < 4.78 is 10.5. The zero-order valence-corrected chi connectivity index (χ0v) is 13.2. The Morgan fingerprint density at radius 2 is 1.96 bits per heavy atom. The van der Waals surface area contributed by atoms with E-state index in [-0.39, 0.29) is 24.4 Å². The normalized spacial score (nSPS) is 11.6. The summed E-state index contributed by atoms with van der Waals surface area (Å²) in [4.78, 5) is 23.8. The summed E-state index contributed by atoms with van der Waals surface area (Å²) in [6, 6.07) is 10.0. The first kappa shape index (κ1) is 16.6. The summed E-state index contributed by atoms with van der Waals surface area (Å²) in [7, 11) is 0. The Morgan fingerprint density at radius 3 is 2.57 bits per heavy atom. The van der Waals surface area contributed by atoms with Crippen molar-refractivity contribution >= 4 is 11.8 Å². The second-order valence-electron chi connectivity index (χ2n) is 4.94. The van der Waals surface area contributed by atoms with Crippen molar-refractivity contribution in [2.24, 2.45) is 0 Å². The minimum absolute atomic E-state index is 0.100. The highest BCUT2D eigenvalue weighted by Gasteiger charge is 2.13. The Balaban J connectivity index is 1.80. The van der Waals surface area contributed by atoms with Crippen LogP contribution < -0.4 is 15.4 Å². The number of nitrogens with one attached hydrogen (secondary N) is 2. The summed E-state index contributed by atoms with van der Waals surface area (Å²) in [6.45, 7) is 4.17. The van der Waals surface area contributed by atoms with Crippen LogP contribution in [0.1, 0.15) is 36.0 Å². The van der Waals surface area contributed by atoms with Crippen LogP contribution in [0.25, 0.3) is 0 Å². The highest BCUT2D eigenvalue weighted by molar-refractivity contribution is 5.96. The molecule has 0 aliphatic heterocycles. The minimum Gasteiger partial charge on any atom is -0.494 e. The first-order valence-corrected chi connectivity index (χ1v) is 7.44. The molecule has 0 saturated heterocycles. The number of amides is 2. The fraction of sp³-hybridized carbons (Fsp3) is 0.294. The van der Waals surface area contributed by atoms with Gasteiger partial charge >= 0.3 is 0 Å². The van der Waals surface area contributed by atoms with Crippen molar-refractivity contribution in [1.29, 1.82) is 0 Å². The smallest absolute Gasteiger partial charge is 0.251 e. The fourth-order valence-corrected chi connectivity index (χ4v) is 2.03. The van der Waals surface area contributed by atoms with Gasteiger partial charge in [-0.25, -0.2) is 0 Å². The van der Waals surface area contributed by atoms with E-state index in [0.29, 0.717) is 23.7 Å². The molecule has 6 nitrogen and oxygen atoms in total. The van der Waals surface area contributed by atoms with Crippen molar-refractivity contribution < 1.29 is 18.7 Å². The van der Waals surface area contributed by atoms with Crippen LogP contribution in [0, 0.1) is 0 Å². The number of hydrogen-bond donors (Lipinski definition) is 2. The SMILES string of the molecule is CCOc1ccc(C(=O)NCC(=O)N[C@@H](C)c2ccco2)cc1. The fourth-order valence-electron chi connectivity index (χ4n) is 2.03. The van der Waals surface area contributed by atoms with Gasteiger partial charge in [-0.1, -0.05) is 0 Å². The van der Waals surface area contributed by atoms with Gasteiger partial charge in [-0.3, -0.25) is 9.59 Å². The Morgan fingerprint density at radius 1 is 1.22 bits per heavy atom. The third-order valence-corrected chi connectivity index (χ3v) is 3.18. The highest BCUT2D eigenvalue weighted by atomic mass is 16.5. The lowest BCUT2D eigenvalue weighted by Gasteiger charge is -2.12. The Labute approximate surface area is 134 Å². The van der Waals surface area contributed by atoms with Crippen LogP contribution in [0.4, 0.5) is 0 Å². The van der Waals surface area contributed by atoms with Crippen LogP contribution in [-0.2, 0) is 4.79 Å². The van der Waals surface area contributed by atoms with Gasteiger partial charge < -0.3 is 19.8 Å². The molecule has 0 radical (unpaired) electrons. The van der Waals surface area contributed by atoms with Gasteiger partial charge in [0, 0.05) is 5.56 Å². The standard InChI is InChI=1S/C17H20N2O4/c1-3-22-14-8-6-13(7-9-14)17(21)18-11-16(20)19-12(2)15-5-4-10-23-15/h4-10,12H,3,11H2,1-2H3,(H,18,21)(H,19,20)/t12-/m0/s1. The van der Waals surface area contributed by atoms with E-state index >= 15 is 0 Å². The van der Waals surface area contributed by atoms with E-state index in [1.807, 2.05) is 13.8 Å². The van der Waals surface area contributed by atoms with Gasteiger partial charge in [-0.2, -0.15) is 0 Å². The summed E-state index contributed by atoms with van der Waals surface area (Å²) >= 11 is 0. The summed E-state index contributed by atoms with van der Waals surface area (Å²) in [5.41, 5.74) is 0.473. The molecular formula is C17H20N2O4. The van der Waals surface area contributed by atoms with Crippen LogP contribution in [0.15, 0.2) is 47.1 Å². The summed E-state index contributed by atoms with van der Waals surface area (Å²) in [6.07, 6.45) is 1.55. The topological polar surface area (TPSA) is 80.6 Å². The molecule has 0 saturated carbocycles. The van der Waals surface area contributed by atoms with E-state index in [0.717, 1.165) is 0 Å². The second kappa shape index (κ2) is 8.03. The van der Waals surface area contributed by atoms with Crippen LogP contribution in [0.3, 0.4) is 0 Å². The lowest BCUT2D eigenvalue weighted by atomic mass is 10.2. The quantitative estimate of drug-likeness (QED) is 0.821. The Hall–Kier alpha value is -2.76. The average Bonchev–Trinajstić information content (AvgIpc) is 3.08. The number of carbonyl (C=O) groups excluding carboxylic acids is 2. The van der Waals surface area contributed by atoms with Crippen LogP contribution in [0.5, 0.6) is 5.75 Å². The van der Waals surface area contributed by atoms with Crippen molar-refractivity contribution in [3.63, 3.8) is 0 Å². The maximum atomic E-state index is 12.0. The Kier molecular flexibility index (Phi) is 5.80. The number of benzene rings is 1. The van der Waals surface area contributed by atoms with Gasteiger partial charge in [0.25, 0.3) is 5.91 Å². The largest absolute Gasteiger partial charge is 0.494 e. The number of furan rings is 1. The molecule has 2 amide bonds. The van der Waals surface area contributed by atoms with E-state index in [2.05, 4.69) is 10.6 Å². The van der Waals surface area contributed by atoms with Crippen molar-refractivity contribution in [1.82, 2.24) is 10.6 Å². The molecule has 23 heavy (non-hydrogen) atoms. The molecule has 0 aliphatic rings. The molecule has 1 aromatic carbocycles. The van der Waals surface area contributed by atoms with Crippen molar-refractivity contribution in [3.05, 3.63) is 54.0 Å². The first-order chi connectivity index (χ1) is 11.1. The molecule has 1 aromatic heterocycles. The van der Waals surface area contributed by atoms with Gasteiger partial charge in [-0.15, -0.1) is 0 Å². The van der Waals surface area contributed by atoms with Crippen LogP contribution >= 0.6 is 0 Å². The molecule has 122 valence electrons. The molecule has 0 aliphatic carbocycles.